The molecular weight excluding hydrogens is 787 g/mol. The van der Waals surface area contributed by atoms with E-state index in [4.69, 9.17) is 4.98 Å². The second kappa shape index (κ2) is 15.5. The van der Waals surface area contributed by atoms with Gasteiger partial charge in [0.1, 0.15) is 0 Å². The fourth-order valence-corrected chi connectivity index (χ4v) is 10.2. The Morgan fingerprint density at radius 1 is 0.385 bits per heavy atom. The summed E-state index contributed by atoms with van der Waals surface area (Å²) < 4.78 is 2.53. The van der Waals surface area contributed by atoms with Gasteiger partial charge in [-0.15, -0.1) is 0 Å². The summed E-state index contributed by atoms with van der Waals surface area (Å²) in [5.41, 5.74) is 20.7. The Morgan fingerprint density at radius 2 is 0.923 bits per heavy atom. The SMILES string of the molecule is CC1(C)c2cc(-c3ccccn3)ccc2N(c2ccc(-c3ccccc3)cc2)c2ccc(-n3c4cccc(-c5ccccc5)c4c4cc(-c5ccccc5)cc(-c5ccccc5)c43)cc21. The minimum absolute atomic E-state index is 0.372. The van der Waals surface area contributed by atoms with E-state index in [1.807, 2.05) is 12.3 Å². The Balaban J connectivity index is 1.14. The average molecular weight is 832 g/mol. The fourth-order valence-electron chi connectivity index (χ4n) is 10.2. The summed E-state index contributed by atoms with van der Waals surface area (Å²) in [6, 6.07) is 84.0. The highest BCUT2D eigenvalue weighted by atomic mass is 15.2. The van der Waals surface area contributed by atoms with Crippen molar-refractivity contribution in [3.8, 4) is 61.5 Å². The minimum Gasteiger partial charge on any atom is -0.310 e. The van der Waals surface area contributed by atoms with Gasteiger partial charge in [0, 0.05) is 44.9 Å². The maximum atomic E-state index is 4.78. The molecule has 0 N–H and O–H groups in total. The van der Waals surface area contributed by atoms with Crippen LogP contribution in [0.15, 0.2) is 237 Å². The van der Waals surface area contributed by atoms with Crippen LogP contribution in [-0.4, -0.2) is 9.55 Å². The van der Waals surface area contributed by atoms with Gasteiger partial charge in [-0.3, -0.25) is 4.98 Å². The Kier molecular flexibility index (Phi) is 9.17. The van der Waals surface area contributed by atoms with Crippen molar-refractivity contribution in [2.45, 2.75) is 19.3 Å². The standard InChI is InChI=1S/C62H45N3/c1-62(2)54-40-47(56-27-15-16-37-63-56)31-35-57(54)64(49-32-29-44(30-33-49)42-18-7-3-8-19-42)58-36-34-50(41-55(58)62)65-59-28-17-26-51(45-22-11-5-12-23-45)60(59)53-39-48(43-20-9-4-10-21-43)38-52(61(53)65)46-24-13-6-14-25-46/h3-41H,1-2H3. The molecule has 0 saturated carbocycles. The molecule has 0 amide bonds. The van der Waals surface area contributed by atoms with Gasteiger partial charge in [0.05, 0.1) is 28.1 Å². The smallest absolute Gasteiger partial charge is 0.0702 e. The van der Waals surface area contributed by atoms with Gasteiger partial charge in [-0.05, 0) is 123 Å². The van der Waals surface area contributed by atoms with E-state index >= 15 is 0 Å². The van der Waals surface area contributed by atoms with E-state index < -0.39 is 0 Å². The van der Waals surface area contributed by atoms with Crippen LogP contribution in [0.1, 0.15) is 25.0 Å². The first-order chi connectivity index (χ1) is 32.0. The van der Waals surface area contributed by atoms with Gasteiger partial charge >= 0.3 is 0 Å². The molecule has 11 aromatic rings. The van der Waals surface area contributed by atoms with Gasteiger partial charge in [0.25, 0.3) is 0 Å². The molecule has 0 unspecified atom stereocenters. The van der Waals surface area contributed by atoms with Crippen LogP contribution < -0.4 is 4.90 Å². The van der Waals surface area contributed by atoms with Crippen LogP contribution in [0.3, 0.4) is 0 Å². The van der Waals surface area contributed by atoms with Crippen molar-refractivity contribution in [1.82, 2.24) is 9.55 Å². The van der Waals surface area contributed by atoms with Gasteiger partial charge in [0.15, 0.2) is 0 Å². The van der Waals surface area contributed by atoms with Crippen molar-refractivity contribution in [1.29, 1.82) is 0 Å². The minimum atomic E-state index is -0.372. The maximum Gasteiger partial charge on any atom is 0.0702 e. The van der Waals surface area contributed by atoms with Crippen LogP contribution in [0, 0.1) is 0 Å². The van der Waals surface area contributed by atoms with Gasteiger partial charge in [-0.1, -0.05) is 172 Å². The van der Waals surface area contributed by atoms with Crippen molar-refractivity contribution in [2.24, 2.45) is 0 Å². The number of hydrogen-bond acceptors (Lipinski definition) is 2. The van der Waals surface area contributed by atoms with Crippen LogP contribution in [0.4, 0.5) is 17.1 Å². The highest BCUT2D eigenvalue weighted by molar-refractivity contribution is 6.20. The number of pyridine rings is 1. The Bertz CT molecular complexity index is 3520. The van der Waals surface area contributed by atoms with Crippen molar-refractivity contribution < 1.29 is 0 Å². The highest BCUT2D eigenvalue weighted by Gasteiger charge is 2.38. The molecule has 65 heavy (non-hydrogen) atoms. The highest BCUT2D eigenvalue weighted by Crippen LogP contribution is 2.54. The summed E-state index contributed by atoms with van der Waals surface area (Å²) in [4.78, 5) is 7.24. The van der Waals surface area contributed by atoms with E-state index in [0.717, 1.165) is 22.6 Å². The first-order valence-corrected chi connectivity index (χ1v) is 22.5. The zero-order valence-electron chi connectivity index (χ0n) is 36.4. The fraction of sp³-hybridized carbons (Fsp3) is 0.0484. The number of anilines is 3. The molecule has 0 fully saturated rings. The lowest BCUT2D eigenvalue weighted by Gasteiger charge is -2.42. The Hall–Kier alpha value is -8.27. The number of nitrogens with zero attached hydrogens (tertiary/aromatic N) is 3. The van der Waals surface area contributed by atoms with Crippen LogP contribution in [0.2, 0.25) is 0 Å². The van der Waals surface area contributed by atoms with Crippen LogP contribution in [0.25, 0.3) is 83.3 Å². The molecule has 308 valence electrons. The first-order valence-electron chi connectivity index (χ1n) is 22.5. The summed E-state index contributed by atoms with van der Waals surface area (Å²) in [6.45, 7) is 4.76. The van der Waals surface area contributed by atoms with E-state index in [2.05, 4.69) is 248 Å². The number of aromatic nitrogens is 2. The summed E-state index contributed by atoms with van der Waals surface area (Å²) in [6.07, 6.45) is 1.88. The monoisotopic (exact) mass is 831 g/mol. The molecule has 3 heterocycles. The van der Waals surface area contributed by atoms with E-state index in [0.29, 0.717) is 0 Å². The molecule has 1 aliphatic heterocycles. The summed E-state index contributed by atoms with van der Waals surface area (Å²) in [7, 11) is 0. The topological polar surface area (TPSA) is 21.1 Å². The summed E-state index contributed by atoms with van der Waals surface area (Å²) >= 11 is 0. The lowest BCUT2D eigenvalue weighted by Crippen LogP contribution is -2.31. The normalized spacial score (nSPS) is 12.9. The molecule has 0 spiro atoms. The number of hydrogen-bond donors (Lipinski definition) is 0. The molecule has 0 bridgehead atoms. The van der Waals surface area contributed by atoms with Gasteiger partial charge in [0.2, 0.25) is 0 Å². The molecule has 3 heteroatoms. The predicted molar refractivity (Wildman–Crippen MR) is 273 cm³/mol. The summed E-state index contributed by atoms with van der Waals surface area (Å²) in [5, 5.41) is 2.47. The first kappa shape index (κ1) is 38.4. The Labute approximate surface area is 380 Å². The third kappa shape index (κ3) is 6.47. The van der Waals surface area contributed by atoms with Crippen molar-refractivity contribution in [3.05, 3.63) is 248 Å². The number of rotatable bonds is 7. The van der Waals surface area contributed by atoms with Crippen molar-refractivity contribution in [3.63, 3.8) is 0 Å². The quantitative estimate of drug-likeness (QED) is 0.160. The summed E-state index contributed by atoms with van der Waals surface area (Å²) in [5.74, 6) is 0. The lowest BCUT2D eigenvalue weighted by atomic mass is 9.72. The van der Waals surface area contributed by atoms with Gasteiger partial charge < -0.3 is 9.47 Å². The molecule has 1 aliphatic rings. The molecule has 12 rings (SSSR count). The molecular formula is C62H45N3. The van der Waals surface area contributed by atoms with Crippen LogP contribution >= 0.6 is 0 Å². The van der Waals surface area contributed by atoms with Crippen molar-refractivity contribution in [2.75, 3.05) is 4.90 Å². The Morgan fingerprint density at radius 3 is 1.57 bits per heavy atom. The van der Waals surface area contributed by atoms with E-state index in [1.165, 1.54) is 88.8 Å². The van der Waals surface area contributed by atoms with Gasteiger partial charge in [-0.2, -0.15) is 0 Å². The molecule has 0 atom stereocenters. The van der Waals surface area contributed by atoms with E-state index in [-0.39, 0.29) is 5.41 Å². The number of fused-ring (bicyclic) bond motifs is 5. The molecule has 3 nitrogen and oxygen atoms in total. The molecule has 0 radical (unpaired) electrons. The van der Waals surface area contributed by atoms with Gasteiger partial charge in [-0.25, -0.2) is 0 Å². The molecule has 9 aromatic carbocycles. The second-order valence-corrected chi connectivity index (χ2v) is 17.6. The van der Waals surface area contributed by atoms with E-state index in [9.17, 15) is 0 Å². The van der Waals surface area contributed by atoms with Crippen molar-refractivity contribution >= 4 is 38.9 Å². The third-order valence-corrected chi connectivity index (χ3v) is 13.4. The lowest BCUT2D eigenvalue weighted by molar-refractivity contribution is 0.631. The second-order valence-electron chi connectivity index (χ2n) is 17.6. The predicted octanol–water partition coefficient (Wildman–Crippen LogP) is 16.6. The zero-order valence-corrected chi connectivity index (χ0v) is 36.4. The van der Waals surface area contributed by atoms with Crippen LogP contribution in [-0.2, 0) is 5.41 Å². The molecule has 0 saturated heterocycles. The average Bonchev–Trinajstić information content (AvgIpc) is 3.72. The van der Waals surface area contributed by atoms with Crippen LogP contribution in [0.5, 0.6) is 0 Å². The van der Waals surface area contributed by atoms with E-state index in [1.54, 1.807) is 0 Å². The molecule has 0 aliphatic carbocycles. The largest absolute Gasteiger partial charge is 0.310 e. The molecule has 2 aromatic heterocycles. The zero-order chi connectivity index (χ0) is 43.5. The number of benzene rings is 9. The maximum absolute atomic E-state index is 4.78. The third-order valence-electron chi connectivity index (χ3n) is 13.4.